The van der Waals surface area contributed by atoms with Crippen LogP contribution in [0.2, 0.25) is 0 Å². The van der Waals surface area contributed by atoms with Crippen molar-refractivity contribution in [1.82, 2.24) is 4.90 Å². The normalized spacial score (nSPS) is 25.1. The van der Waals surface area contributed by atoms with Gasteiger partial charge >= 0.3 is 0 Å². The average Bonchev–Trinajstić information content (AvgIpc) is 2.60. The van der Waals surface area contributed by atoms with Crippen molar-refractivity contribution in [1.29, 1.82) is 0 Å². The van der Waals surface area contributed by atoms with Gasteiger partial charge in [-0.1, -0.05) is 24.6 Å². The molecule has 1 aromatic rings. The molecule has 21 heavy (non-hydrogen) atoms. The van der Waals surface area contributed by atoms with Crippen molar-refractivity contribution < 1.29 is 8.78 Å². The molecule has 1 fully saturated rings. The first kappa shape index (κ1) is 16.4. The van der Waals surface area contributed by atoms with Crippen LogP contribution in [0.1, 0.15) is 63.6 Å². The molecular formula is C17H26F2N2. The monoisotopic (exact) mass is 296 g/mol. The maximum atomic E-state index is 13.0. The molecule has 0 spiro atoms. The lowest BCUT2D eigenvalue weighted by Crippen LogP contribution is -2.49. The molecule has 1 aliphatic rings. The fourth-order valence-electron chi connectivity index (χ4n) is 3.25. The second-order valence-electron chi connectivity index (χ2n) is 6.94. The number of benzene rings is 1. The summed E-state index contributed by atoms with van der Waals surface area (Å²) in [5.41, 5.74) is 7.36. The summed E-state index contributed by atoms with van der Waals surface area (Å²) in [7, 11) is 0. The third-order valence-electron chi connectivity index (χ3n) is 4.29. The summed E-state index contributed by atoms with van der Waals surface area (Å²) in [4.78, 5) is 2.37. The second kappa shape index (κ2) is 6.41. The maximum absolute atomic E-state index is 13.0. The van der Waals surface area contributed by atoms with E-state index < -0.39 is 6.43 Å². The summed E-state index contributed by atoms with van der Waals surface area (Å²) in [6.07, 6.45) is 0.709. The SMILES string of the molecule is CC(C)(C)N1CCCCC(N)C1c1cccc(C(F)F)c1. The predicted molar refractivity (Wildman–Crippen MR) is 82.4 cm³/mol. The molecule has 4 heteroatoms. The molecule has 1 heterocycles. The molecule has 0 aromatic heterocycles. The quantitative estimate of drug-likeness (QED) is 0.882. The van der Waals surface area contributed by atoms with Crippen LogP contribution in [-0.4, -0.2) is 23.0 Å². The van der Waals surface area contributed by atoms with Crippen molar-refractivity contribution in [3.8, 4) is 0 Å². The molecule has 118 valence electrons. The molecule has 0 aliphatic carbocycles. The fourth-order valence-corrected chi connectivity index (χ4v) is 3.25. The zero-order chi connectivity index (χ0) is 15.6. The number of alkyl halides is 2. The van der Waals surface area contributed by atoms with Crippen molar-refractivity contribution in [2.75, 3.05) is 6.54 Å². The van der Waals surface area contributed by atoms with E-state index in [0.717, 1.165) is 31.4 Å². The van der Waals surface area contributed by atoms with Gasteiger partial charge in [-0.15, -0.1) is 0 Å². The lowest BCUT2D eigenvalue weighted by Gasteiger charge is -2.43. The van der Waals surface area contributed by atoms with Gasteiger partial charge in [0.2, 0.25) is 0 Å². The standard InChI is InChI=1S/C17H26F2N2/c1-17(2,3)21-10-5-4-9-14(20)15(21)12-7-6-8-13(11-12)16(18)19/h6-8,11,14-16H,4-5,9-10,20H2,1-3H3. The molecule has 2 unspecified atom stereocenters. The average molecular weight is 296 g/mol. The Hall–Kier alpha value is -1.00. The van der Waals surface area contributed by atoms with Crippen molar-refractivity contribution in [3.63, 3.8) is 0 Å². The number of hydrogen-bond donors (Lipinski definition) is 1. The van der Waals surface area contributed by atoms with E-state index in [1.165, 1.54) is 6.07 Å². The van der Waals surface area contributed by atoms with E-state index in [2.05, 4.69) is 25.7 Å². The van der Waals surface area contributed by atoms with E-state index in [0.29, 0.717) is 0 Å². The summed E-state index contributed by atoms with van der Waals surface area (Å²) in [5, 5.41) is 0. The molecule has 0 radical (unpaired) electrons. The molecule has 1 saturated heterocycles. The number of halogens is 2. The molecule has 2 rings (SSSR count). The summed E-state index contributed by atoms with van der Waals surface area (Å²) in [6.45, 7) is 7.44. The van der Waals surface area contributed by atoms with Crippen LogP contribution in [0.25, 0.3) is 0 Å². The van der Waals surface area contributed by atoms with Crippen molar-refractivity contribution in [2.45, 2.75) is 64.1 Å². The Morgan fingerprint density at radius 2 is 1.95 bits per heavy atom. The Balaban J connectivity index is 2.41. The number of nitrogens with zero attached hydrogens (tertiary/aromatic N) is 1. The Bertz CT molecular complexity index is 468. The Kier molecular flexibility index (Phi) is 4.99. The fraction of sp³-hybridized carbons (Fsp3) is 0.647. The summed E-state index contributed by atoms with van der Waals surface area (Å²) < 4.78 is 26.0. The van der Waals surface area contributed by atoms with Crippen LogP contribution in [-0.2, 0) is 0 Å². The molecule has 2 nitrogen and oxygen atoms in total. The Morgan fingerprint density at radius 3 is 2.57 bits per heavy atom. The zero-order valence-electron chi connectivity index (χ0n) is 13.2. The zero-order valence-corrected chi connectivity index (χ0v) is 13.2. The molecule has 0 saturated carbocycles. The first-order chi connectivity index (χ1) is 9.80. The van der Waals surface area contributed by atoms with Crippen LogP contribution < -0.4 is 5.73 Å². The van der Waals surface area contributed by atoms with Crippen LogP contribution in [0, 0.1) is 0 Å². The molecule has 1 aliphatic heterocycles. The first-order valence-corrected chi connectivity index (χ1v) is 7.71. The van der Waals surface area contributed by atoms with Crippen LogP contribution >= 0.6 is 0 Å². The largest absolute Gasteiger partial charge is 0.326 e. The van der Waals surface area contributed by atoms with Gasteiger partial charge in [0.25, 0.3) is 6.43 Å². The van der Waals surface area contributed by atoms with Gasteiger partial charge in [0.05, 0.1) is 6.04 Å². The first-order valence-electron chi connectivity index (χ1n) is 7.71. The van der Waals surface area contributed by atoms with E-state index >= 15 is 0 Å². The Labute approximate surface area is 126 Å². The van der Waals surface area contributed by atoms with Crippen LogP contribution in [0.3, 0.4) is 0 Å². The highest BCUT2D eigenvalue weighted by Crippen LogP contribution is 2.35. The van der Waals surface area contributed by atoms with Gasteiger partial charge in [0.1, 0.15) is 0 Å². The van der Waals surface area contributed by atoms with E-state index in [4.69, 9.17) is 5.73 Å². The maximum Gasteiger partial charge on any atom is 0.263 e. The summed E-state index contributed by atoms with van der Waals surface area (Å²) >= 11 is 0. The minimum absolute atomic E-state index is 0.00574. The number of likely N-dealkylation sites (tertiary alicyclic amines) is 1. The smallest absolute Gasteiger partial charge is 0.263 e. The highest BCUT2D eigenvalue weighted by Gasteiger charge is 2.35. The molecule has 1 aromatic carbocycles. The third kappa shape index (κ3) is 3.80. The Morgan fingerprint density at radius 1 is 1.24 bits per heavy atom. The highest BCUT2D eigenvalue weighted by atomic mass is 19.3. The van der Waals surface area contributed by atoms with Crippen LogP contribution in [0.15, 0.2) is 24.3 Å². The summed E-state index contributed by atoms with van der Waals surface area (Å²) in [5.74, 6) is 0. The van der Waals surface area contributed by atoms with E-state index in [1.54, 1.807) is 12.1 Å². The van der Waals surface area contributed by atoms with Gasteiger partial charge in [-0.05, 0) is 51.8 Å². The van der Waals surface area contributed by atoms with Gasteiger partial charge in [-0.25, -0.2) is 8.78 Å². The summed E-state index contributed by atoms with van der Waals surface area (Å²) in [6, 6.07) is 6.75. The number of rotatable bonds is 2. The minimum Gasteiger partial charge on any atom is -0.326 e. The van der Waals surface area contributed by atoms with Crippen molar-refractivity contribution in [3.05, 3.63) is 35.4 Å². The van der Waals surface area contributed by atoms with Gasteiger partial charge in [0.15, 0.2) is 0 Å². The van der Waals surface area contributed by atoms with Crippen LogP contribution in [0.5, 0.6) is 0 Å². The minimum atomic E-state index is -2.44. The van der Waals surface area contributed by atoms with E-state index in [-0.39, 0.29) is 23.2 Å². The van der Waals surface area contributed by atoms with Crippen LogP contribution in [0.4, 0.5) is 8.78 Å². The van der Waals surface area contributed by atoms with Gasteiger partial charge < -0.3 is 5.73 Å². The second-order valence-corrected chi connectivity index (χ2v) is 6.94. The lowest BCUT2D eigenvalue weighted by atomic mass is 9.91. The van der Waals surface area contributed by atoms with Crippen molar-refractivity contribution in [2.24, 2.45) is 5.73 Å². The molecular weight excluding hydrogens is 270 g/mol. The van der Waals surface area contributed by atoms with E-state index in [9.17, 15) is 8.78 Å². The molecule has 2 N–H and O–H groups in total. The highest BCUT2D eigenvalue weighted by molar-refractivity contribution is 5.28. The molecule has 0 amide bonds. The molecule has 0 bridgehead atoms. The molecule has 2 atom stereocenters. The number of nitrogens with two attached hydrogens (primary N) is 1. The van der Waals surface area contributed by atoms with E-state index in [1.807, 2.05) is 6.07 Å². The van der Waals surface area contributed by atoms with Gasteiger partial charge in [-0.2, -0.15) is 0 Å². The number of hydrogen-bond acceptors (Lipinski definition) is 2. The topological polar surface area (TPSA) is 29.3 Å². The predicted octanol–water partition coefficient (Wildman–Crippen LogP) is 4.28. The third-order valence-corrected chi connectivity index (χ3v) is 4.29. The van der Waals surface area contributed by atoms with Gasteiger partial charge in [-0.3, -0.25) is 4.90 Å². The lowest BCUT2D eigenvalue weighted by molar-refractivity contribution is 0.0752. The van der Waals surface area contributed by atoms with Gasteiger partial charge in [0, 0.05) is 17.1 Å². The van der Waals surface area contributed by atoms with Crippen molar-refractivity contribution >= 4 is 0 Å².